The molecule has 0 spiro atoms. The van der Waals surface area contributed by atoms with Crippen molar-refractivity contribution in [2.75, 3.05) is 0 Å². The minimum Gasteiger partial charge on any atom is -0.0843 e. The monoisotopic (exact) mass is 318 g/mol. The first-order valence-electron chi connectivity index (χ1n) is 5.36. The molecule has 94 valence electrons. The first kappa shape index (κ1) is 14.0. The van der Waals surface area contributed by atoms with Gasteiger partial charge in [-0.1, -0.05) is 58.5 Å². The zero-order chi connectivity index (χ0) is 13.3. The van der Waals surface area contributed by atoms with Crippen molar-refractivity contribution < 1.29 is 0 Å². The highest BCUT2D eigenvalue weighted by atomic mass is 35.5. The molecule has 0 fully saturated rings. The molecule has 4 heteroatoms. The largest absolute Gasteiger partial charge is 0.0843 e. The molecule has 0 aromatic heterocycles. The van der Waals surface area contributed by atoms with E-state index in [9.17, 15) is 0 Å². The summed E-state index contributed by atoms with van der Waals surface area (Å²) in [7, 11) is 0. The Morgan fingerprint density at radius 1 is 0.833 bits per heavy atom. The second-order valence-electron chi connectivity index (χ2n) is 4.06. The molecule has 0 saturated carbocycles. The second kappa shape index (κ2) is 5.71. The molecule has 2 aromatic rings. The smallest absolute Gasteiger partial charge is 0.0485 e. The summed E-state index contributed by atoms with van der Waals surface area (Å²) in [6.07, 6.45) is 0.660. The maximum absolute atomic E-state index is 6.28. The van der Waals surface area contributed by atoms with Gasteiger partial charge in [-0.05, 0) is 41.8 Å². The van der Waals surface area contributed by atoms with Gasteiger partial charge in [-0.25, -0.2) is 0 Å². The zero-order valence-electron chi connectivity index (χ0n) is 9.61. The first-order valence-corrected chi connectivity index (χ1v) is 6.87. The Balaban J connectivity index is 2.37. The van der Waals surface area contributed by atoms with Crippen LogP contribution in [0.3, 0.4) is 0 Å². The van der Waals surface area contributed by atoms with Gasteiger partial charge in [-0.15, -0.1) is 0 Å². The molecule has 0 nitrogen and oxygen atoms in total. The maximum atomic E-state index is 6.28. The summed E-state index contributed by atoms with van der Waals surface area (Å²) in [6.45, 7) is 1.90. The van der Waals surface area contributed by atoms with Crippen LogP contribution in [0.2, 0.25) is 20.1 Å². The molecular weight excluding hydrogens is 310 g/mol. The van der Waals surface area contributed by atoms with E-state index in [-0.39, 0.29) is 0 Å². The highest BCUT2D eigenvalue weighted by Crippen LogP contribution is 2.30. The Labute approximate surface area is 126 Å². The average molecular weight is 320 g/mol. The maximum Gasteiger partial charge on any atom is 0.0485 e. The highest BCUT2D eigenvalue weighted by Gasteiger charge is 2.09. The number of hydrogen-bond donors (Lipinski definition) is 0. The molecule has 0 atom stereocenters. The van der Waals surface area contributed by atoms with E-state index in [2.05, 4.69) is 0 Å². The predicted octanol–water partition coefficient (Wildman–Crippen LogP) is 6.20. The number of rotatable bonds is 2. The van der Waals surface area contributed by atoms with Gasteiger partial charge in [0.25, 0.3) is 0 Å². The molecule has 0 N–H and O–H groups in total. The SMILES string of the molecule is Cc1c(Cl)ccc(Cc2ccc(Cl)cc2Cl)c1Cl. The van der Waals surface area contributed by atoms with E-state index >= 15 is 0 Å². The predicted molar refractivity (Wildman–Crippen MR) is 80.5 cm³/mol. The Morgan fingerprint density at radius 2 is 1.50 bits per heavy atom. The van der Waals surface area contributed by atoms with Crippen LogP contribution in [0.5, 0.6) is 0 Å². The van der Waals surface area contributed by atoms with Crippen molar-refractivity contribution in [3.8, 4) is 0 Å². The Hall–Kier alpha value is -0.400. The lowest BCUT2D eigenvalue weighted by Gasteiger charge is -2.10. The molecule has 2 rings (SSSR count). The molecule has 0 unspecified atom stereocenters. The molecule has 0 aliphatic heterocycles. The Morgan fingerprint density at radius 3 is 2.17 bits per heavy atom. The van der Waals surface area contributed by atoms with Crippen LogP contribution >= 0.6 is 46.4 Å². The molecule has 0 amide bonds. The van der Waals surface area contributed by atoms with Gasteiger partial charge in [-0.2, -0.15) is 0 Å². The lowest BCUT2D eigenvalue weighted by molar-refractivity contribution is 1.18. The van der Waals surface area contributed by atoms with E-state index < -0.39 is 0 Å². The van der Waals surface area contributed by atoms with Gasteiger partial charge < -0.3 is 0 Å². The molecule has 0 aliphatic rings. The number of hydrogen-bond acceptors (Lipinski definition) is 0. The summed E-state index contributed by atoms with van der Waals surface area (Å²) in [5.41, 5.74) is 2.88. The number of benzene rings is 2. The van der Waals surface area contributed by atoms with E-state index in [0.717, 1.165) is 16.7 Å². The van der Waals surface area contributed by atoms with Gasteiger partial charge in [0.05, 0.1) is 0 Å². The van der Waals surface area contributed by atoms with Crippen LogP contribution in [0.15, 0.2) is 30.3 Å². The van der Waals surface area contributed by atoms with E-state index in [0.29, 0.717) is 26.5 Å². The van der Waals surface area contributed by atoms with Crippen molar-refractivity contribution in [1.82, 2.24) is 0 Å². The minimum absolute atomic E-state index is 0.627. The lowest BCUT2D eigenvalue weighted by atomic mass is 10.0. The summed E-state index contributed by atoms with van der Waals surface area (Å²) < 4.78 is 0. The summed E-state index contributed by atoms with van der Waals surface area (Å²) in [5, 5.41) is 2.63. The molecule has 18 heavy (non-hydrogen) atoms. The van der Waals surface area contributed by atoms with E-state index in [1.807, 2.05) is 31.2 Å². The van der Waals surface area contributed by atoms with Gasteiger partial charge in [0.15, 0.2) is 0 Å². The van der Waals surface area contributed by atoms with Crippen LogP contribution in [0.25, 0.3) is 0 Å². The third-order valence-electron chi connectivity index (χ3n) is 2.80. The van der Waals surface area contributed by atoms with Crippen molar-refractivity contribution in [2.45, 2.75) is 13.3 Å². The summed E-state index contributed by atoms with van der Waals surface area (Å²) in [6, 6.07) is 9.23. The molecule has 2 aromatic carbocycles. The van der Waals surface area contributed by atoms with Crippen LogP contribution in [-0.4, -0.2) is 0 Å². The van der Waals surface area contributed by atoms with Crippen LogP contribution in [0.4, 0.5) is 0 Å². The molecule has 0 heterocycles. The minimum atomic E-state index is 0.627. The standard InChI is InChI=1S/C14H10Cl4/c1-8-12(16)5-3-10(14(8)18)6-9-2-4-11(15)7-13(9)17/h2-5,7H,6H2,1H3. The fourth-order valence-electron chi connectivity index (χ4n) is 1.72. The molecule has 0 aliphatic carbocycles. The first-order chi connectivity index (χ1) is 8.49. The molecule has 0 saturated heterocycles. The van der Waals surface area contributed by atoms with E-state index in [4.69, 9.17) is 46.4 Å². The van der Waals surface area contributed by atoms with Crippen molar-refractivity contribution in [3.05, 3.63) is 67.1 Å². The van der Waals surface area contributed by atoms with Crippen LogP contribution < -0.4 is 0 Å². The zero-order valence-corrected chi connectivity index (χ0v) is 12.6. The van der Waals surface area contributed by atoms with Gasteiger partial charge in [-0.3, -0.25) is 0 Å². The Bertz CT molecular complexity index is 591. The van der Waals surface area contributed by atoms with Gasteiger partial charge in [0.1, 0.15) is 0 Å². The van der Waals surface area contributed by atoms with Gasteiger partial charge in [0.2, 0.25) is 0 Å². The van der Waals surface area contributed by atoms with Crippen molar-refractivity contribution in [2.24, 2.45) is 0 Å². The highest BCUT2D eigenvalue weighted by molar-refractivity contribution is 6.36. The summed E-state index contributed by atoms with van der Waals surface area (Å²) in [5.74, 6) is 0. The number of halogens is 4. The quantitative estimate of drug-likeness (QED) is 0.618. The third kappa shape index (κ3) is 2.95. The van der Waals surface area contributed by atoms with Crippen LogP contribution in [0.1, 0.15) is 16.7 Å². The van der Waals surface area contributed by atoms with Crippen molar-refractivity contribution >= 4 is 46.4 Å². The van der Waals surface area contributed by atoms with Gasteiger partial charge in [0, 0.05) is 26.5 Å². The lowest BCUT2D eigenvalue weighted by Crippen LogP contribution is -1.93. The topological polar surface area (TPSA) is 0 Å². The second-order valence-corrected chi connectivity index (χ2v) is 5.69. The van der Waals surface area contributed by atoms with Gasteiger partial charge >= 0.3 is 0 Å². The molecular formula is C14H10Cl4. The molecule has 0 radical (unpaired) electrons. The average Bonchev–Trinajstić information content (AvgIpc) is 2.33. The third-order valence-corrected chi connectivity index (χ3v) is 4.32. The summed E-state index contributed by atoms with van der Waals surface area (Å²) >= 11 is 24.3. The van der Waals surface area contributed by atoms with Crippen molar-refractivity contribution in [1.29, 1.82) is 0 Å². The Kier molecular flexibility index (Phi) is 4.45. The normalized spacial score (nSPS) is 10.7. The van der Waals surface area contributed by atoms with E-state index in [1.54, 1.807) is 6.07 Å². The van der Waals surface area contributed by atoms with Crippen LogP contribution in [0, 0.1) is 6.92 Å². The van der Waals surface area contributed by atoms with E-state index in [1.165, 1.54) is 0 Å². The van der Waals surface area contributed by atoms with Crippen molar-refractivity contribution in [3.63, 3.8) is 0 Å². The fraction of sp³-hybridized carbons (Fsp3) is 0.143. The molecule has 0 bridgehead atoms. The summed E-state index contributed by atoms with van der Waals surface area (Å²) in [4.78, 5) is 0. The fourth-order valence-corrected chi connectivity index (χ4v) is 2.64. The van der Waals surface area contributed by atoms with Crippen LogP contribution in [-0.2, 0) is 6.42 Å².